The van der Waals surface area contributed by atoms with Gasteiger partial charge in [-0.05, 0) is 36.1 Å². The topological polar surface area (TPSA) is 106 Å². The van der Waals surface area contributed by atoms with E-state index < -0.39 is 18.0 Å². The smallest absolute Gasteiger partial charge is 0.326 e. The maximum absolute atomic E-state index is 11.9. The number of carbonyl (C=O) groups excluding carboxylic acids is 1. The number of benzene rings is 1. The van der Waals surface area contributed by atoms with Gasteiger partial charge in [-0.1, -0.05) is 0 Å². The van der Waals surface area contributed by atoms with Crippen molar-refractivity contribution in [3.05, 3.63) is 17.7 Å². The van der Waals surface area contributed by atoms with Crippen molar-refractivity contribution in [2.45, 2.75) is 19.0 Å². The molecule has 9 heteroatoms. The van der Waals surface area contributed by atoms with Crippen LogP contribution in [0.15, 0.2) is 12.1 Å². The lowest BCUT2D eigenvalue weighted by Crippen LogP contribution is -2.46. The van der Waals surface area contributed by atoms with Gasteiger partial charge in [0.2, 0.25) is 5.75 Å². The van der Waals surface area contributed by atoms with Crippen LogP contribution in [-0.4, -0.2) is 56.5 Å². The number of urea groups is 1. The Kier molecular flexibility index (Phi) is 8.76. The summed E-state index contributed by atoms with van der Waals surface area (Å²) in [4.78, 5) is 23.1. The van der Waals surface area contributed by atoms with Crippen LogP contribution in [0.5, 0.6) is 17.2 Å². The summed E-state index contributed by atoms with van der Waals surface area (Å²) in [6.07, 6.45) is 2.23. The molecule has 1 rings (SSSR count). The molecule has 0 spiro atoms. The van der Waals surface area contributed by atoms with E-state index in [1.165, 1.54) is 33.1 Å². The summed E-state index contributed by atoms with van der Waals surface area (Å²) in [5.74, 6) is 0.993. The summed E-state index contributed by atoms with van der Waals surface area (Å²) in [5.41, 5.74) is 0.723. The average Bonchev–Trinajstić information content (AvgIpc) is 2.61. The predicted molar refractivity (Wildman–Crippen MR) is 95.9 cm³/mol. The molecule has 1 aromatic rings. The Morgan fingerprint density at radius 1 is 1.16 bits per heavy atom. The zero-order valence-electron chi connectivity index (χ0n) is 14.8. The molecule has 3 N–H and O–H groups in total. The fourth-order valence-corrected chi connectivity index (χ4v) is 2.59. The van der Waals surface area contributed by atoms with E-state index in [1.807, 2.05) is 6.26 Å². The van der Waals surface area contributed by atoms with E-state index in [2.05, 4.69) is 10.6 Å². The highest BCUT2D eigenvalue weighted by molar-refractivity contribution is 7.98. The maximum atomic E-state index is 11.9. The van der Waals surface area contributed by atoms with Crippen molar-refractivity contribution in [2.75, 3.05) is 33.3 Å². The highest BCUT2D eigenvalue weighted by Crippen LogP contribution is 2.38. The average molecular weight is 372 g/mol. The van der Waals surface area contributed by atoms with Crippen molar-refractivity contribution in [3.8, 4) is 17.2 Å². The van der Waals surface area contributed by atoms with E-state index in [0.29, 0.717) is 29.4 Å². The monoisotopic (exact) mass is 372 g/mol. The molecule has 8 nitrogen and oxygen atoms in total. The van der Waals surface area contributed by atoms with Gasteiger partial charge in [0.05, 0.1) is 21.3 Å². The molecule has 0 fully saturated rings. The number of nitrogens with one attached hydrogen (secondary N) is 2. The molecule has 0 aliphatic heterocycles. The van der Waals surface area contributed by atoms with Crippen LogP contribution in [0.25, 0.3) is 0 Å². The third-order valence-corrected chi connectivity index (χ3v) is 4.04. The molecule has 2 amide bonds. The molecule has 0 aliphatic rings. The fraction of sp³-hybridized carbons (Fsp3) is 0.500. The first-order valence-corrected chi connectivity index (χ1v) is 8.91. The summed E-state index contributed by atoms with van der Waals surface area (Å²) in [5, 5.41) is 14.2. The summed E-state index contributed by atoms with van der Waals surface area (Å²) < 4.78 is 15.7. The van der Waals surface area contributed by atoms with Gasteiger partial charge in [0, 0.05) is 6.54 Å². The largest absolute Gasteiger partial charge is 0.493 e. The first kappa shape index (κ1) is 20.8. The SMILES string of the molecule is COc1cc(CNC(=O)NC(CCSC)C(=O)O)cc(OC)c1OC. The van der Waals surface area contributed by atoms with Crippen molar-refractivity contribution < 1.29 is 28.9 Å². The van der Waals surface area contributed by atoms with Crippen molar-refractivity contribution in [1.82, 2.24) is 10.6 Å². The Morgan fingerprint density at radius 2 is 1.76 bits per heavy atom. The first-order chi connectivity index (χ1) is 12.0. The third kappa shape index (κ3) is 6.26. The Balaban J connectivity index is 2.73. The molecule has 0 heterocycles. The number of carboxylic acids is 1. The van der Waals surface area contributed by atoms with Gasteiger partial charge < -0.3 is 30.0 Å². The molecular formula is C16H24N2O6S. The zero-order valence-corrected chi connectivity index (χ0v) is 15.6. The van der Waals surface area contributed by atoms with Gasteiger partial charge in [0.1, 0.15) is 6.04 Å². The van der Waals surface area contributed by atoms with Gasteiger partial charge >= 0.3 is 12.0 Å². The summed E-state index contributed by atoms with van der Waals surface area (Å²) in [6.45, 7) is 0.178. The Hall–Kier alpha value is -2.29. The van der Waals surface area contributed by atoms with Gasteiger partial charge in [0.25, 0.3) is 0 Å². The third-order valence-electron chi connectivity index (χ3n) is 3.39. The van der Waals surface area contributed by atoms with Gasteiger partial charge in [-0.25, -0.2) is 9.59 Å². The summed E-state index contributed by atoms with van der Waals surface area (Å²) in [7, 11) is 4.52. The molecular weight excluding hydrogens is 348 g/mol. The van der Waals surface area contributed by atoms with Gasteiger partial charge in [-0.15, -0.1) is 0 Å². The molecule has 25 heavy (non-hydrogen) atoms. The molecule has 0 radical (unpaired) electrons. The number of ether oxygens (including phenoxy) is 3. The molecule has 0 saturated carbocycles. The molecule has 0 bridgehead atoms. The van der Waals surface area contributed by atoms with Crippen LogP contribution in [0.3, 0.4) is 0 Å². The number of carbonyl (C=O) groups is 2. The quantitative estimate of drug-likeness (QED) is 0.574. The van der Waals surface area contributed by atoms with Crippen molar-refractivity contribution in [2.24, 2.45) is 0 Å². The molecule has 0 aliphatic carbocycles. The van der Waals surface area contributed by atoms with E-state index in [4.69, 9.17) is 19.3 Å². The zero-order chi connectivity index (χ0) is 18.8. The van der Waals surface area contributed by atoms with E-state index in [9.17, 15) is 9.59 Å². The number of carboxylic acid groups (broad SMARTS) is 1. The van der Waals surface area contributed by atoms with E-state index in [0.717, 1.165) is 5.56 Å². The van der Waals surface area contributed by atoms with Gasteiger partial charge in [-0.2, -0.15) is 11.8 Å². The minimum Gasteiger partial charge on any atom is -0.493 e. The highest BCUT2D eigenvalue weighted by Gasteiger charge is 2.19. The maximum Gasteiger partial charge on any atom is 0.326 e. The van der Waals surface area contributed by atoms with Crippen LogP contribution in [0, 0.1) is 0 Å². The van der Waals surface area contributed by atoms with Crippen molar-refractivity contribution >= 4 is 23.8 Å². The minimum absolute atomic E-state index is 0.178. The van der Waals surface area contributed by atoms with E-state index in [-0.39, 0.29) is 6.54 Å². The molecule has 1 atom stereocenters. The minimum atomic E-state index is -1.06. The number of methoxy groups -OCH3 is 3. The predicted octanol–water partition coefficient (Wildman–Crippen LogP) is 1.72. The lowest BCUT2D eigenvalue weighted by Gasteiger charge is -2.16. The number of thioether (sulfide) groups is 1. The van der Waals surface area contributed by atoms with Gasteiger partial charge in [0.15, 0.2) is 11.5 Å². The molecule has 1 unspecified atom stereocenters. The Bertz CT molecular complexity index is 571. The highest BCUT2D eigenvalue weighted by atomic mass is 32.2. The Labute approximate surface area is 151 Å². The number of aliphatic carboxylic acids is 1. The lowest BCUT2D eigenvalue weighted by molar-refractivity contribution is -0.139. The van der Waals surface area contributed by atoms with E-state index in [1.54, 1.807) is 12.1 Å². The fourth-order valence-electron chi connectivity index (χ4n) is 2.12. The van der Waals surface area contributed by atoms with Crippen LogP contribution in [0.4, 0.5) is 4.79 Å². The molecule has 140 valence electrons. The second kappa shape index (κ2) is 10.5. The van der Waals surface area contributed by atoms with Crippen molar-refractivity contribution in [3.63, 3.8) is 0 Å². The lowest BCUT2D eigenvalue weighted by atomic mass is 10.2. The number of hydrogen-bond donors (Lipinski definition) is 3. The first-order valence-electron chi connectivity index (χ1n) is 7.51. The van der Waals surface area contributed by atoms with Crippen LogP contribution < -0.4 is 24.8 Å². The van der Waals surface area contributed by atoms with E-state index >= 15 is 0 Å². The number of rotatable bonds is 10. The second-order valence-corrected chi connectivity index (χ2v) is 6.02. The summed E-state index contributed by atoms with van der Waals surface area (Å²) >= 11 is 1.52. The normalized spacial score (nSPS) is 11.4. The molecule has 1 aromatic carbocycles. The second-order valence-electron chi connectivity index (χ2n) is 5.03. The van der Waals surface area contributed by atoms with Gasteiger partial charge in [-0.3, -0.25) is 0 Å². The molecule has 0 saturated heterocycles. The van der Waals surface area contributed by atoms with Crippen LogP contribution in [0.1, 0.15) is 12.0 Å². The number of hydrogen-bond acceptors (Lipinski definition) is 6. The van der Waals surface area contributed by atoms with Crippen LogP contribution in [-0.2, 0) is 11.3 Å². The summed E-state index contributed by atoms with van der Waals surface area (Å²) in [6, 6.07) is 1.95. The van der Waals surface area contributed by atoms with Crippen LogP contribution in [0.2, 0.25) is 0 Å². The molecule has 0 aromatic heterocycles. The number of amides is 2. The van der Waals surface area contributed by atoms with Crippen molar-refractivity contribution in [1.29, 1.82) is 0 Å². The van der Waals surface area contributed by atoms with Crippen LogP contribution >= 0.6 is 11.8 Å². The Morgan fingerprint density at radius 3 is 2.20 bits per heavy atom. The standard InChI is InChI=1S/C16H24N2O6S/c1-22-12-7-10(8-13(23-2)14(12)24-3)9-17-16(21)18-11(15(19)20)5-6-25-4/h7-8,11H,5-6,9H2,1-4H3,(H,19,20)(H2,17,18,21).